The summed E-state index contributed by atoms with van der Waals surface area (Å²) in [5, 5.41) is 19.9. The first kappa shape index (κ1) is 16.4. The third kappa shape index (κ3) is 3.22. The van der Waals surface area contributed by atoms with Crippen LogP contribution in [0.15, 0.2) is 28.1 Å². The van der Waals surface area contributed by atoms with Crippen LogP contribution in [-0.2, 0) is 0 Å². The number of halogens is 1. The number of H-pyrrole nitrogens is 1. The number of thiophene rings is 1. The van der Waals surface area contributed by atoms with Crippen LogP contribution in [0.1, 0.15) is 0 Å². The molecular formula is C16H16BrN7S. The molecule has 0 saturated heterocycles. The number of aromatic amines is 1. The predicted octanol–water partition coefficient (Wildman–Crippen LogP) is 3.37. The van der Waals surface area contributed by atoms with E-state index in [2.05, 4.69) is 73.0 Å². The Balaban J connectivity index is 1.84. The molecule has 25 heavy (non-hydrogen) atoms. The lowest BCUT2D eigenvalue weighted by Gasteiger charge is -2.12. The maximum atomic E-state index is 4.85. The molecule has 4 rings (SSSR count). The Bertz CT molecular complexity index is 1030. The molecule has 4 aromatic rings. The first-order chi connectivity index (χ1) is 12.1. The molecule has 9 heteroatoms. The first-order valence-electron chi connectivity index (χ1n) is 7.77. The summed E-state index contributed by atoms with van der Waals surface area (Å²) in [7, 11) is 4.12. The fourth-order valence-electron chi connectivity index (χ4n) is 2.69. The number of fused-ring (bicyclic) bond motifs is 3. The molecule has 1 aromatic carbocycles. The van der Waals surface area contributed by atoms with Gasteiger partial charge < -0.3 is 10.2 Å². The summed E-state index contributed by atoms with van der Waals surface area (Å²) in [6.07, 6.45) is 0. The number of likely N-dealkylation sites (N-methyl/N-ethyl adjacent to an activating group) is 1. The van der Waals surface area contributed by atoms with E-state index in [9.17, 15) is 0 Å². The highest BCUT2D eigenvalue weighted by atomic mass is 79.9. The second-order valence-corrected chi connectivity index (χ2v) is 8.38. The van der Waals surface area contributed by atoms with Gasteiger partial charge in [0.25, 0.3) is 0 Å². The minimum Gasteiger partial charge on any atom is -0.368 e. The van der Waals surface area contributed by atoms with Gasteiger partial charge in [-0.1, -0.05) is 12.1 Å². The van der Waals surface area contributed by atoms with E-state index in [4.69, 9.17) is 4.98 Å². The van der Waals surface area contributed by atoms with Crippen molar-refractivity contribution in [2.24, 2.45) is 0 Å². The van der Waals surface area contributed by atoms with E-state index in [-0.39, 0.29) is 0 Å². The topological polar surface area (TPSA) is 82.6 Å². The molecule has 0 amide bonds. The van der Waals surface area contributed by atoms with Crippen molar-refractivity contribution in [3.63, 3.8) is 0 Å². The van der Waals surface area contributed by atoms with Crippen molar-refractivity contribution in [2.75, 3.05) is 32.5 Å². The van der Waals surface area contributed by atoms with Crippen LogP contribution >= 0.6 is 27.3 Å². The van der Waals surface area contributed by atoms with E-state index in [0.29, 0.717) is 5.82 Å². The minimum atomic E-state index is 0.568. The number of rotatable bonds is 5. The zero-order valence-electron chi connectivity index (χ0n) is 13.7. The zero-order valence-corrected chi connectivity index (χ0v) is 16.1. The molecule has 7 nitrogen and oxygen atoms in total. The van der Waals surface area contributed by atoms with E-state index in [1.54, 1.807) is 11.3 Å². The monoisotopic (exact) mass is 417 g/mol. The molecule has 0 spiro atoms. The Kier molecular flexibility index (Phi) is 4.36. The van der Waals surface area contributed by atoms with E-state index < -0.39 is 0 Å². The van der Waals surface area contributed by atoms with Crippen LogP contribution in [0.4, 0.5) is 5.82 Å². The van der Waals surface area contributed by atoms with Gasteiger partial charge in [-0.3, -0.25) is 0 Å². The van der Waals surface area contributed by atoms with Gasteiger partial charge in [0.15, 0.2) is 0 Å². The minimum absolute atomic E-state index is 0.568. The fourth-order valence-corrected chi connectivity index (χ4v) is 4.32. The maximum absolute atomic E-state index is 4.85. The zero-order chi connectivity index (χ0) is 17.4. The van der Waals surface area contributed by atoms with Crippen molar-refractivity contribution in [3.05, 3.63) is 28.1 Å². The highest BCUT2D eigenvalue weighted by Gasteiger charge is 2.13. The number of nitrogens with zero attached hydrogens (tertiary/aromatic N) is 5. The molecule has 0 aliphatic heterocycles. The van der Waals surface area contributed by atoms with Gasteiger partial charge in [-0.2, -0.15) is 5.21 Å². The smallest absolute Gasteiger partial charge is 0.204 e. The van der Waals surface area contributed by atoms with Crippen LogP contribution in [0.3, 0.4) is 0 Å². The van der Waals surface area contributed by atoms with Crippen molar-refractivity contribution < 1.29 is 0 Å². The van der Waals surface area contributed by atoms with Crippen LogP contribution in [0, 0.1) is 0 Å². The molecule has 3 aromatic heterocycles. The number of aromatic nitrogens is 5. The molecule has 0 radical (unpaired) electrons. The fraction of sp³-hybridized carbons (Fsp3) is 0.250. The maximum Gasteiger partial charge on any atom is 0.204 e. The van der Waals surface area contributed by atoms with E-state index in [1.165, 1.54) is 4.70 Å². The normalized spacial score (nSPS) is 11.7. The van der Waals surface area contributed by atoms with Gasteiger partial charge >= 0.3 is 0 Å². The Labute approximate surface area is 156 Å². The van der Waals surface area contributed by atoms with Crippen LogP contribution in [0.5, 0.6) is 0 Å². The van der Waals surface area contributed by atoms with Gasteiger partial charge in [0.2, 0.25) is 5.82 Å². The Morgan fingerprint density at radius 1 is 1.24 bits per heavy atom. The van der Waals surface area contributed by atoms with Crippen LogP contribution in [0.25, 0.3) is 32.4 Å². The van der Waals surface area contributed by atoms with Gasteiger partial charge in [-0.15, -0.1) is 21.5 Å². The summed E-state index contributed by atoms with van der Waals surface area (Å²) in [5.41, 5.74) is 1.81. The number of hydrogen-bond donors (Lipinski definition) is 2. The molecule has 0 aliphatic rings. The van der Waals surface area contributed by atoms with Crippen molar-refractivity contribution in [1.29, 1.82) is 0 Å². The lowest BCUT2D eigenvalue weighted by Crippen LogP contribution is -2.21. The number of tetrazole rings is 1. The second kappa shape index (κ2) is 6.66. The number of nitrogens with one attached hydrogen (secondary N) is 2. The van der Waals surface area contributed by atoms with Gasteiger partial charge in [0.05, 0.1) is 9.30 Å². The lowest BCUT2D eigenvalue weighted by atomic mass is 10.1. The van der Waals surface area contributed by atoms with E-state index in [0.717, 1.165) is 44.5 Å². The van der Waals surface area contributed by atoms with Gasteiger partial charge in [-0.25, -0.2) is 4.98 Å². The predicted molar refractivity (Wildman–Crippen MR) is 105 cm³/mol. The van der Waals surface area contributed by atoms with Crippen LogP contribution in [0.2, 0.25) is 0 Å². The largest absolute Gasteiger partial charge is 0.368 e. The van der Waals surface area contributed by atoms with Gasteiger partial charge in [0.1, 0.15) is 5.82 Å². The van der Waals surface area contributed by atoms with Crippen LogP contribution < -0.4 is 5.32 Å². The van der Waals surface area contributed by atoms with Crippen molar-refractivity contribution in [2.45, 2.75) is 0 Å². The Morgan fingerprint density at radius 3 is 2.88 bits per heavy atom. The number of benzene rings is 1. The Hall–Kier alpha value is -2.10. The average Bonchev–Trinajstić information content (AvgIpc) is 3.23. The van der Waals surface area contributed by atoms with E-state index in [1.807, 2.05) is 12.1 Å². The van der Waals surface area contributed by atoms with Crippen molar-refractivity contribution in [3.8, 4) is 11.4 Å². The molecule has 0 aliphatic carbocycles. The summed E-state index contributed by atoms with van der Waals surface area (Å²) in [5.74, 6) is 1.47. The third-order valence-electron chi connectivity index (χ3n) is 3.89. The second-order valence-electron chi connectivity index (χ2n) is 5.95. The highest BCUT2D eigenvalue weighted by molar-refractivity contribution is 9.11. The lowest BCUT2D eigenvalue weighted by molar-refractivity contribution is 0.425. The van der Waals surface area contributed by atoms with Gasteiger partial charge in [0, 0.05) is 34.1 Å². The highest BCUT2D eigenvalue weighted by Crippen LogP contribution is 2.38. The average molecular weight is 418 g/mol. The SMILES string of the molecule is CN(C)CCNc1nc2cc(-c3nn[nH]n3)ccc2c2sc(Br)cc12. The van der Waals surface area contributed by atoms with E-state index >= 15 is 0 Å². The molecule has 3 heterocycles. The molecule has 0 fully saturated rings. The van der Waals surface area contributed by atoms with Crippen molar-refractivity contribution >= 4 is 54.1 Å². The molecule has 128 valence electrons. The van der Waals surface area contributed by atoms with Crippen molar-refractivity contribution in [1.82, 2.24) is 30.5 Å². The number of hydrogen-bond acceptors (Lipinski definition) is 7. The standard InChI is InChI=1S/C16H16BrN7S/c1-24(2)6-5-18-16-11-8-13(17)25-14(11)10-4-3-9(7-12(10)19-16)15-20-22-23-21-15/h3-4,7-8H,5-6H2,1-2H3,(H,18,19)(H,20,21,22,23). The van der Waals surface area contributed by atoms with Crippen LogP contribution in [-0.4, -0.2) is 57.7 Å². The molecule has 0 unspecified atom stereocenters. The molecular weight excluding hydrogens is 402 g/mol. The van der Waals surface area contributed by atoms with Gasteiger partial charge in [-0.05, 0) is 47.4 Å². The summed E-state index contributed by atoms with van der Waals surface area (Å²) >= 11 is 5.32. The quantitative estimate of drug-likeness (QED) is 0.517. The Morgan fingerprint density at radius 2 is 2.12 bits per heavy atom. The first-order valence-corrected chi connectivity index (χ1v) is 9.38. The number of pyridine rings is 1. The third-order valence-corrected chi connectivity index (χ3v) is 5.56. The summed E-state index contributed by atoms with van der Waals surface area (Å²) in [6.45, 7) is 1.77. The summed E-state index contributed by atoms with van der Waals surface area (Å²) in [6, 6.07) is 8.20. The molecule has 0 bridgehead atoms. The summed E-state index contributed by atoms with van der Waals surface area (Å²) < 4.78 is 2.30. The number of anilines is 1. The molecule has 2 N–H and O–H groups in total. The molecule has 0 saturated carbocycles. The summed E-state index contributed by atoms with van der Waals surface area (Å²) in [4.78, 5) is 7.00. The molecule has 0 atom stereocenters.